The standard InChI is InChI=1S/C33H28N2O6S/c1-5-39-32(38)30-20(4)34-33(42-30)35-27(22-11-13-23(14-12-22)40-17-21-9-7-6-8-10-21)26-28(36)24-15-18(2)19(3)16-25(24)41-29(26)31(35)37/h6-16,27H,5,17H2,1-4H3. The van der Waals surface area contributed by atoms with Crippen LogP contribution in [0.2, 0.25) is 0 Å². The maximum absolute atomic E-state index is 14.0. The molecular formula is C33H28N2O6S. The Morgan fingerprint density at radius 1 is 1.00 bits per heavy atom. The van der Waals surface area contributed by atoms with Gasteiger partial charge >= 0.3 is 5.97 Å². The first-order chi connectivity index (χ1) is 20.3. The second-order valence-corrected chi connectivity index (χ2v) is 11.1. The van der Waals surface area contributed by atoms with E-state index in [9.17, 15) is 14.4 Å². The van der Waals surface area contributed by atoms with Gasteiger partial charge in [0.05, 0.1) is 29.3 Å². The van der Waals surface area contributed by atoms with Crippen molar-refractivity contribution in [2.24, 2.45) is 0 Å². The third-order valence-corrected chi connectivity index (χ3v) is 8.52. The number of thiazole rings is 1. The van der Waals surface area contributed by atoms with Gasteiger partial charge in [0, 0.05) is 0 Å². The Balaban J connectivity index is 1.46. The van der Waals surface area contributed by atoms with Crippen LogP contribution in [0.5, 0.6) is 5.75 Å². The molecule has 212 valence electrons. The molecule has 0 saturated carbocycles. The first-order valence-corrected chi connectivity index (χ1v) is 14.4. The molecule has 1 atom stereocenters. The number of carbonyl (C=O) groups is 2. The number of esters is 1. The highest BCUT2D eigenvalue weighted by Gasteiger charge is 2.45. The normalized spacial score (nSPS) is 14.3. The minimum Gasteiger partial charge on any atom is -0.489 e. The van der Waals surface area contributed by atoms with Gasteiger partial charge in [-0.15, -0.1) is 0 Å². The zero-order chi connectivity index (χ0) is 29.5. The number of aryl methyl sites for hydroxylation is 3. The second kappa shape index (κ2) is 10.9. The van der Waals surface area contributed by atoms with Gasteiger partial charge in [-0.3, -0.25) is 14.5 Å². The number of amides is 1. The first-order valence-electron chi connectivity index (χ1n) is 13.6. The Kier molecular flexibility index (Phi) is 7.12. The molecule has 6 rings (SSSR count). The molecular weight excluding hydrogens is 552 g/mol. The van der Waals surface area contributed by atoms with E-state index in [1.165, 1.54) is 4.90 Å². The van der Waals surface area contributed by atoms with Gasteiger partial charge < -0.3 is 13.9 Å². The summed E-state index contributed by atoms with van der Waals surface area (Å²) in [6, 6.07) is 19.9. The van der Waals surface area contributed by atoms with Crippen LogP contribution in [0.4, 0.5) is 5.13 Å². The average molecular weight is 581 g/mol. The molecule has 0 aliphatic carbocycles. The predicted molar refractivity (Wildman–Crippen MR) is 161 cm³/mol. The Bertz CT molecular complexity index is 1890. The van der Waals surface area contributed by atoms with Gasteiger partial charge in [-0.2, -0.15) is 0 Å². The van der Waals surface area contributed by atoms with E-state index in [1.807, 2.05) is 68.4 Å². The number of rotatable bonds is 7. The molecule has 3 aromatic carbocycles. The highest BCUT2D eigenvalue weighted by Crippen LogP contribution is 2.43. The summed E-state index contributed by atoms with van der Waals surface area (Å²) in [5, 5.41) is 0.680. The topological polar surface area (TPSA) is 98.9 Å². The highest BCUT2D eigenvalue weighted by atomic mass is 32.1. The molecule has 3 heterocycles. The minimum atomic E-state index is -0.821. The predicted octanol–water partition coefficient (Wildman–Crippen LogP) is 6.68. The maximum Gasteiger partial charge on any atom is 0.350 e. The Morgan fingerprint density at radius 2 is 1.71 bits per heavy atom. The summed E-state index contributed by atoms with van der Waals surface area (Å²) in [6.45, 7) is 7.89. The number of hydrogen-bond donors (Lipinski definition) is 0. The minimum absolute atomic E-state index is 0.0318. The van der Waals surface area contributed by atoms with Crippen molar-refractivity contribution in [3.8, 4) is 5.75 Å². The first kappa shape index (κ1) is 27.4. The van der Waals surface area contributed by atoms with Crippen LogP contribution >= 0.6 is 11.3 Å². The molecule has 8 nitrogen and oxygen atoms in total. The van der Waals surface area contributed by atoms with Crippen molar-refractivity contribution < 1.29 is 23.5 Å². The van der Waals surface area contributed by atoms with Gasteiger partial charge in [-0.25, -0.2) is 9.78 Å². The van der Waals surface area contributed by atoms with Gasteiger partial charge in [-0.1, -0.05) is 53.8 Å². The maximum atomic E-state index is 14.0. The lowest BCUT2D eigenvalue weighted by Crippen LogP contribution is -2.29. The van der Waals surface area contributed by atoms with E-state index < -0.39 is 17.9 Å². The molecule has 1 aliphatic heterocycles. The van der Waals surface area contributed by atoms with E-state index in [0.29, 0.717) is 39.5 Å². The zero-order valence-corrected chi connectivity index (χ0v) is 24.4. The SMILES string of the molecule is CCOC(=O)c1sc(N2C(=O)c3oc4cc(C)c(C)cc4c(=O)c3C2c2ccc(OCc3ccccc3)cc2)nc1C. The molecule has 1 unspecified atom stereocenters. The van der Waals surface area contributed by atoms with Crippen LogP contribution in [0.1, 0.15) is 66.7 Å². The van der Waals surface area contributed by atoms with Gasteiger partial charge in [0.15, 0.2) is 10.6 Å². The van der Waals surface area contributed by atoms with Crippen LogP contribution in [-0.4, -0.2) is 23.5 Å². The number of anilines is 1. The van der Waals surface area contributed by atoms with Crippen molar-refractivity contribution >= 4 is 39.3 Å². The second-order valence-electron chi connectivity index (χ2n) is 10.2. The van der Waals surface area contributed by atoms with Crippen LogP contribution in [-0.2, 0) is 11.3 Å². The van der Waals surface area contributed by atoms with Crippen molar-refractivity contribution in [1.29, 1.82) is 0 Å². The number of nitrogens with zero attached hydrogens (tertiary/aromatic N) is 2. The fraction of sp³-hybridized carbons (Fsp3) is 0.212. The number of benzene rings is 3. The molecule has 0 radical (unpaired) electrons. The summed E-state index contributed by atoms with van der Waals surface area (Å²) in [7, 11) is 0. The van der Waals surface area contributed by atoms with E-state index in [0.717, 1.165) is 28.0 Å². The number of hydrogen-bond acceptors (Lipinski definition) is 8. The monoisotopic (exact) mass is 580 g/mol. The van der Waals surface area contributed by atoms with Gasteiger partial charge in [0.2, 0.25) is 5.76 Å². The quantitative estimate of drug-likeness (QED) is 0.198. The summed E-state index contributed by atoms with van der Waals surface area (Å²) >= 11 is 1.05. The van der Waals surface area contributed by atoms with E-state index >= 15 is 0 Å². The lowest BCUT2D eigenvalue weighted by Gasteiger charge is -2.22. The van der Waals surface area contributed by atoms with Crippen LogP contribution < -0.4 is 15.1 Å². The average Bonchev–Trinajstić information content (AvgIpc) is 3.51. The highest BCUT2D eigenvalue weighted by molar-refractivity contribution is 7.17. The third-order valence-electron chi connectivity index (χ3n) is 7.38. The van der Waals surface area contributed by atoms with Gasteiger partial charge in [-0.05, 0) is 74.2 Å². The molecule has 1 amide bonds. The molecule has 0 spiro atoms. The molecule has 2 aromatic heterocycles. The third kappa shape index (κ3) is 4.75. The Hall–Kier alpha value is -4.76. The van der Waals surface area contributed by atoms with Crippen LogP contribution in [0.3, 0.4) is 0 Å². The van der Waals surface area contributed by atoms with E-state index in [-0.39, 0.29) is 28.5 Å². The van der Waals surface area contributed by atoms with Crippen molar-refractivity contribution in [2.45, 2.75) is 40.3 Å². The lowest BCUT2D eigenvalue weighted by atomic mass is 9.97. The van der Waals surface area contributed by atoms with Crippen LogP contribution in [0.15, 0.2) is 75.9 Å². The van der Waals surface area contributed by atoms with Crippen LogP contribution in [0.25, 0.3) is 11.0 Å². The van der Waals surface area contributed by atoms with E-state index in [1.54, 1.807) is 26.0 Å². The van der Waals surface area contributed by atoms with Crippen molar-refractivity contribution in [3.63, 3.8) is 0 Å². The fourth-order valence-electron chi connectivity index (χ4n) is 5.10. The summed E-state index contributed by atoms with van der Waals surface area (Å²) in [6.07, 6.45) is 0. The molecule has 5 aromatic rings. The lowest BCUT2D eigenvalue weighted by molar-refractivity contribution is 0.0531. The fourth-order valence-corrected chi connectivity index (χ4v) is 6.09. The molecule has 1 aliphatic rings. The summed E-state index contributed by atoms with van der Waals surface area (Å²) in [5.74, 6) is -0.396. The molecule has 0 saturated heterocycles. The molecule has 0 fully saturated rings. The number of fused-ring (bicyclic) bond motifs is 2. The van der Waals surface area contributed by atoms with Gasteiger partial charge in [0.1, 0.15) is 22.8 Å². The van der Waals surface area contributed by atoms with Crippen molar-refractivity contribution in [3.05, 3.63) is 121 Å². The summed E-state index contributed by atoms with van der Waals surface area (Å²) in [5.41, 5.74) is 4.36. The molecule has 0 N–H and O–H groups in total. The van der Waals surface area contributed by atoms with Crippen LogP contribution in [0, 0.1) is 20.8 Å². The van der Waals surface area contributed by atoms with Gasteiger partial charge in [0.25, 0.3) is 5.91 Å². The number of carbonyl (C=O) groups excluding carboxylic acids is 2. The van der Waals surface area contributed by atoms with E-state index in [4.69, 9.17) is 13.9 Å². The summed E-state index contributed by atoms with van der Waals surface area (Å²) < 4.78 is 17.3. The number of ether oxygens (including phenoxy) is 2. The largest absolute Gasteiger partial charge is 0.489 e. The van der Waals surface area contributed by atoms with Crippen molar-refractivity contribution in [2.75, 3.05) is 11.5 Å². The van der Waals surface area contributed by atoms with Crippen molar-refractivity contribution in [1.82, 2.24) is 4.98 Å². The summed E-state index contributed by atoms with van der Waals surface area (Å²) in [4.78, 5) is 46.9. The molecule has 0 bridgehead atoms. The zero-order valence-electron chi connectivity index (χ0n) is 23.6. The Morgan fingerprint density at radius 3 is 2.43 bits per heavy atom. The molecule has 42 heavy (non-hydrogen) atoms. The number of aromatic nitrogens is 1. The van der Waals surface area contributed by atoms with E-state index in [2.05, 4.69) is 4.98 Å². The Labute approximate surface area is 246 Å². The molecule has 9 heteroatoms. The smallest absolute Gasteiger partial charge is 0.350 e.